The SMILES string of the molecule is COC(=O)C1=C(C(=O)OC)N(c2ccccc2Sc2nc3ccccc3s2)C=CC=C1. The summed E-state index contributed by atoms with van der Waals surface area (Å²) in [7, 11) is 2.56. The van der Waals surface area contributed by atoms with E-state index in [4.69, 9.17) is 14.5 Å². The van der Waals surface area contributed by atoms with E-state index < -0.39 is 11.9 Å². The minimum absolute atomic E-state index is 0.0803. The molecule has 0 bridgehead atoms. The van der Waals surface area contributed by atoms with Crippen LogP contribution in [0.1, 0.15) is 0 Å². The second-order valence-corrected chi connectivity index (χ2v) is 8.65. The Hall–Kier alpha value is -3.36. The molecule has 2 aromatic carbocycles. The number of methoxy groups -OCH3 is 2. The average Bonchev–Trinajstić information content (AvgIpc) is 3.08. The fourth-order valence-electron chi connectivity index (χ4n) is 3.08. The van der Waals surface area contributed by atoms with Gasteiger partial charge in [-0.3, -0.25) is 0 Å². The molecular formula is C23H18N2O4S2. The first kappa shape index (κ1) is 20.9. The Kier molecular flexibility index (Phi) is 6.20. The van der Waals surface area contributed by atoms with E-state index in [9.17, 15) is 9.59 Å². The van der Waals surface area contributed by atoms with Gasteiger partial charge in [0, 0.05) is 11.1 Å². The molecule has 0 fully saturated rings. The van der Waals surface area contributed by atoms with Crippen LogP contribution in [0.2, 0.25) is 0 Å². The summed E-state index contributed by atoms with van der Waals surface area (Å²) in [4.78, 5) is 32.3. The van der Waals surface area contributed by atoms with Crippen LogP contribution >= 0.6 is 23.1 Å². The summed E-state index contributed by atoms with van der Waals surface area (Å²) in [5.74, 6) is -1.27. The summed E-state index contributed by atoms with van der Waals surface area (Å²) in [6.45, 7) is 0. The second kappa shape index (κ2) is 9.20. The van der Waals surface area contributed by atoms with Crippen LogP contribution in [0.3, 0.4) is 0 Å². The van der Waals surface area contributed by atoms with E-state index in [0.29, 0.717) is 5.69 Å². The minimum atomic E-state index is -0.642. The molecule has 8 heteroatoms. The molecule has 0 saturated carbocycles. The summed E-state index contributed by atoms with van der Waals surface area (Å²) < 4.78 is 11.9. The maximum atomic E-state index is 12.7. The molecule has 0 atom stereocenters. The first-order valence-corrected chi connectivity index (χ1v) is 10.9. The smallest absolute Gasteiger partial charge is 0.355 e. The zero-order chi connectivity index (χ0) is 21.8. The molecule has 1 aromatic heterocycles. The number of para-hydroxylation sites is 2. The third kappa shape index (κ3) is 4.26. The normalized spacial score (nSPS) is 13.4. The number of rotatable bonds is 5. The van der Waals surface area contributed by atoms with E-state index >= 15 is 0 Å². The van der Waals surface area contributed by atoms with Crippen molar-refractivity contribution in [2.24, 2.45) is 0 Å². The first-order valence-electron chi connectivity index (χ1n) is 9.30. The summed E-state index contributed by atoms with van der Waals surface area (Å²) in [5.41, 5.74) is 1.85. The molecule has 0 radical (unpaired) electrons. The van der Waals surface area contributed by atoms with Crippen LogP contribution in [0.4, 0.5) is 5.69 Å². The standard InChI is InChI=1S/C23H18N2O4S2/c1-28-21(26)15-9-7-8-14-25(20(15)22(27)29-2)17-11-4-6-13-19(17)31-23-24-16-10-3-5-12-18(16)30-23/h3-14H,1-2H3. The Morgan fingerprint density at radius 1 is 0.968 bits per heavy atom. The van der Waals surface area contributed by atoms with Crippen LogP contribution in [0, 0.1) is 0 Å². The predicted molar refractivity (Wildman–Crippen MR) is 122 cm³/mol. The average molecular weight is 451 g/mol. The maximum Gasteiger partial charge on any atom is 0.355 e. The van der Waals surface area contributed by atoms with E-state index in [-0.39, 0.29) is 11.3 Å². The van der Waals surface area contributed by atoms with Gasteiger partial charge in [-0.25, -0.2) is 14.6 Å². The summed E-state index contributed by atoms with van der Waals surface area (Å²) in [5, 5.41) is 0. The fraction of sp³-hybridized carbons (Fsp3) is 0.0870. The van der Waals surface area contributed by atoms with Gasteiger partial charge in [0.1, 0.15) is 5.70 Å². The first-order chi connectivity index (χ1) is 15.1. The molecule has 0 saturated heterocycles. The highest BCUT2D eigenvalue weighted by Crippen LogP contribution is 2.40. The van der Waals surface area contributed by atoms with Gasteiger partial charge in [-0.1, -0.05) is 42.1 Å². The van der Waals surface area contributed by atoms with E-state index in [1.165, 1.54) is 32.1 Å². The number of carbonyl (C=O) groups is 2. The van der Waals surface area contributed by atoms with Crippen LogP contribution in [0.25, 0.3) is 10.2 Å². The summed E-state index contributed by atoms with van der Waals surface area (Å²) >= 11 is 3.10. The molecule has 0 spiro atoms. The van der Waals surface area contributed by atoms with Crippen LogP contribution in [0.15, 0.2) is 93.5 Å². The molecular weight excluding hydrogens is 432 g/mol. The van der Waals surface area contributed by atoms with Crippen molar-refractivity contribution < 1.29 is 19.1 Å². The molecule has 156 valence electrons. The number of aromatic nitrogens is 1. The van der Waals surface area contributed by atoms with Crippen molar-refractivity contribution in [3.63, 3.8) is 0 Å². The highest BCUT2D eigenvalue weighted by molar-refractivity contribution is 8.01. The molecule has 31 heavy (non-hydrogen) atoms. The van der Waals surface area contributed by atoms with Crippen molar-refractivity contribution in [1.29, 1.82) is 0 Å². The zero-order valence-corrected chi connectivity index (χ0v) is 18.4. The lowest BCUT2D eigenvalue weighted by atomic mass is 10.1. The molecule has 2 heterocycles. The monoisotopic (exact) mass is 450 g/mol. The van der Waals surface area contributed by atoms with Crippen molar-refractivity contribution in [2.45, 2.75) is 9.24 Å². The van der Waals surface area contributed by atoms with Gasteiger partial charge in [-0.05, 0) is 36.4 Å². The number of hydrogen-bond acceptors (Lipinski definition) is 8. The number of carbonyl (C=O) groups excluding carboxylic acids is 2. The second-order valence-electron chi connectivity index (χ2n) is 6.33. The largest absolute Gasteiger partial charge is 0.465 e. The van der Waals surface area contributed by atoms with Crippen molar-refractivity contribution in [3.05, 3.63) is 84.2 Å². The Bertz CT molecular complexity index is 1210. The molecule has 3 aromatic rings. The number of ether oxygens (including phenoxy) is 2. The van der Waals surface area contributed by atoms with Crippen LogP contribution < -0.4 is 4.90 Å². The zero-order valence-electron chi connectivity index (χ0n) is 16.8. The molecule has 1 aliphatic heterocycles. The predicted octanol–water partition coefficient (Wildman–Crippen LogP) is 4.94. The minimum Gasteiger partial charge on any atom is -0.465 e. The third-order valence-corrected chi connectivity index (χ3v) is 6.65. The van der Waals surface area contributed by atoms with Crippen molar-refractivity contribution in [2.75, 3.05) is 19.1 Å². The summed E-state index contributed by atoms with van der Waals surface area (Å²) in [6.07, 6.45) is 6.69. The van der Waals surface area contributed by atoms with E-state index in [2.05, 4.69) is 0 Å². The van der Waals surface area contributed by atoms with Crippen molar-refractivity contribution in [1.82, 2.24) is 4.98 Å². The van der Waals surface area contributed by atoms with Crippen LogP contribution in [0.5, 0.6) is 0 Å². The highest BCUT2D eigenvalue weighted by Gasteiger charge is 2.28. The van der Waals surface area contributed by atoms with Crippen molar-refractivity contribution >= 4 is 50.9 Å². The fourth-order valence-corrected chi connectivity index (χ4v) is 5.23. The molecule has 0 N–H and O–H groups in total. The van der Waals surface area contributed by atoms with Crippen LogP contribution in [-0.4, -0.2) is 31.1 Å². The number of esters is 2. The Balaban J connectivity index is 1.81. The molecule has 1 aliphatic rings. The highest BCUT2D eigenvalue weighted by atomic mass is 32.2. The molecule has 0 amide bonds. The van der Waals surface area contributed by atoms with Crippen molar-refractivity contribution in [3.8, 4) is 0 Å². The lowest BCUT2D eigenvalue weighted by Gasteiger charge is -2.24. The van der Waals surface area contributed by atoms with Gasteiger partial charge in [0.2, 0.25) is 0 Å². The number of fused-ring (bicyclic) bond motifs is 1. The van der Waals surface area contributed by atoms with Gasteiger partial charge in [-0.2, -0.15) is 0 Å². The number of thiazole rings is 1. The van der Waals surface area contributed by atoms with Gasteiger partial charge >= 0.3 is 11.9 Å². The Labute approximate surface area is 187 Å². The van der Waals surface area contributed by atoms with Gasteiger partial charge in [0.15, 0.2) is 4.34 Å². The van der Waals surface area contributed by atoms with Crippen LogP contribution in [-0.2, 0) is 19.1 Å². The molecule has 6 nitrogen and oxygen atoms in total. The lowest BCUT2D eigenvalue weighted by Crippen LogP contribution is -2.27. The number of benzene rings is 2. The van der Waals surface area contributed by atoms with Gasteiger partial charge in [-0.15, -0.1) is 11.3 Å². The Morgan fingerprint density at radius 2 is 1.71 bits per heavy atom. The lowest BCUT2D eigenvalue weighted by molar-refractivity contribution is -0.139. The number of anilines is 1. The number of nitrogens with zero attached hydrogens (tertiary/aromatic N) is 2. The van der Waals surface area contributed by atoms with E-state index in [1.807, 2.05) is 48.5 Å². The molecule has 0 unspecified atom stereocenters. The number of hydrogen-bond donors (Lipinski definition) is 0. The van der Waals surface area contributed by atoms with Gasteiger partial charge in [0.25, 0.3) is 0 Å². The topological polar surface area (TPSA) is 68.7 Å². The molecule has 4 rings (SSSR count). The van der Waals surface area contributed by atoms with E-state index in [0.717, 1.165) is 19.5 Å². The van der Waals surface area contributed by atoms with Gasteiger partial charge < -0.3 is 14.4 Å². The quantitative estimate of drug-likeness (QED) is 0.510. The third-order valence-electron chi connectivity index (χ3n) is 4.49. The van der Waals surface area contributed by atoms with E-state index in [1.54, 1.807) is 34.6 Å². The maximum absolute atomic E-state index is 12.7. The van der Waals surface area contributed by atoms with Gasteiger partial charge in [0.05, 0.1) is 35.7 Å². The number of allylic oxidation sites excluding steroid dienone is 2. The summed E-state index contributed by atoms with van der Waals surface area (Å²) in [6, 6.07) is 15.6. The Morgan fingerprint density at radius 3 is 2.48 bits per heavy atom. The molecule has 0 aliphatic carbocycles.